The van der Waals surface area contributed by atoms with Crippen molar-refractivity contribution in [2.75, 3.05) is 18.0 Å². The van der Waals surface area contributed by atoms with E-state index in [9.17, 15) is 22.8 Å². The first-order chi connectivity index (χ1) is 15.7. The van der Waals surface area contributed by atoms with E-state index in [1.165, 1.54) is 22.8 Å². The van der Waals surface area contributed by atoms with Crippen molar-refractivity contribution in [3.8, 4) is 11.3 Å². The number of pyridine rings is 1. The van der Waals surface area contributed by atoms with Crippen molar-refractivity contribution in [3.05, 3.63) is 76.3 Å². The SMILES string of the molecule is Cn1c(N2CC3C[C@H]2CN3C(=O)c2ccc(C(F)(F)F)cc2)nc(-c2ccncc2)cc1=O. The van der Waals surface area contributed by atoms with Gasteiger partial charge >= 0.3 is 6.18 Å². The van der Waals surface area contributed by atoms with Crippen molar-refractivity contribution in [1.29, 1.82) is 0 Å². The molecule has 0 N–H and O–H groups in total. The first kappa shape index (κ1) is 21.2. The van der Waals surface area contributed by atoms with Crippen LogP contribution in [0.1, 0.15) is 22.3 Å². The van der Waals surface area contributed by atoms with Crippen LogP contribution >= 0.6 is 0 Å². The number of piperazine rings is 1. The molecule has 170 valence electrons. The number of nitrogens with zero attached hydrogens (tertiary/aromatic N) is 5. The minimum atomic E-state index is -4.44. The standard InChI is InChI=1S/C23H20F3N5O2/c1-29-20(32)11-19(14-6-8-27-9-7-14)28-22(29)31-13-17-10-18(31)12-30(17)21(33)15-2-4-16(5-3-15)23(24,25)26/h2-9,11,17-18H,10,12-13H2,1H3/t17?,18-/m0/s1. The third kappa shape index (κ3) is 3.75. The molecular formula is C23H20F3N5O2. The summed E-state index contributed by atoms with van der Waals surface area (Å²) >= 11 is 0. The Balaban J connectivity index is 1.37. The van der Waals surface area contributed by atoms with Gasteiger partial charge in [-0.2, -0.15) is 13.2 Å². The highest BCUT2D eigenvalue weighted by Crippen LogP contribution is 2.35. The number of hydrogen-bond acceptors (Lipinski definition) is 5. The van der Waals surface area contributed by atoms with Gasteiger partial charge in [-0.15, -0.1) is 0 Å². The van der Waals surface area contributed by atoms with Gasteiger partial charge in [0.15, 0.2) is 0 Å². The van der Waals surface area contributed by atoms with E-state index in [4.69, 9.17) is 4.98 Å². The van der Waals surface area contributed by atoms with Gasteiger partial charge in [-0.3, -0.25) is 19.1 Å². The summed E-state index contributed by atoms with van der Waals surface area (Å²) in [5, 5.41) is 0. The quantitative estimate of drug-likeness (QED) is 0.607. The van der Waals surface area contributed by atoms with E-state index in [0.717, 1.165) is 17.7 Å². The summed E-state index contributed by atoms with van der Waals surface area (Å²) in [5.74, 6) is 0.242. The highest BCUT2D eigenvalue weighted by Gasteiger charge is 2.46. The third-order valence-electron chi connectivity index (χ3n) is 6.30. The number of anilines is 1. The Morgan fingerprint density at radius 1 is 1.03 bits per heavy atom. The van der Waals surface area contributed by atoms with Crippen LogP contribution in [0.4, 0.5) is 19.1 Å². The summed E-state index contributed by atoms with van der Waals surface area (Å²) in [6.45, 7) is 0.914. The molecule has 1 aromatic carbocycles. The lowest BCUT2D eigenvalue weighted by atomic mass is 10.1. The number of carbonyl (C=O) groups is 1. The Kier molecular flexibility index (Phi) is 4.95. The van der Waals surface area contributed by atoms with Crippen molar-refractivity contribution < 1.29 is 18.0 Å². The Labute approximate surface area is 187 Å². The molecule has 0 spiro atoms. The maximum atomic E-state index is 13.0. The summed E-state index contributed by atoms with van der Waals surface area (Å²) in [4.78, 5) is 38.0. The topological polar surface area (TPSA) is 71.3 Å². The molecule has 2 aromatic heterocycles. The predicted octanol–water partition coefficient (Wildman–Crippen LogP) is 2.96. The molecular weight excluding hydrogens is 435 g/mol. The summed E-state index contributed by atoms with van der Waals surface area (Å²) in [5.41, 5.74) is 0.595. The lowest BCUT2D eigenvalue weighted by Crippen LogP contribution is -2.50. The van der Waals surface area contributed by atoms with Crippen molar-refractivity contribution in [2.45, 2.75) is 24.7 Å². The van der Waals surface area contributed by atoms with Crippen molar-refractivity contribution in [1.82, 2.24) is 19.4 Å². The third-order valence-corrected chi connectivity index (χ3v) is 6.30. The number of alkyl halides is 3. The van der Waals surface area contributed by atoms with E-state index < -0.39 is 11.7 Å². The van der Waals surface area contributed by atoms with Crippen LogP contribution in [0.3, 0.4) is 0 Å². The maximum absolute atomic E-state index is 13.0. The number of halogens is 3. The maximum Gasteiger partial charge on any atom is 0.416 e. The second kappa shape index (κ2) is 7.72. The Morgan fingerprint density at radius 3 is 2.33 bits per heavy atom. The first-order valence-electron chi connectivity index (χ1n) is 10.5. The van der Waals surface area contributed by atoms with Gasteiger partial charge in [0.25, 0.3) is 11.5 Å². The summed E-state index contributed by atoms with van der Waals surface area (Å²) < 4.78 is 39.9. The number of likely N-dealkylation sites (tertiary alicyclic amines) is 1. The molecule has 2 bridgehead atoms. The Morgan fingerprint density at radius 2 is 1.73 bits per heavy atom. The van der Waals surface area contributed by atoms with Gasteiger partial charge < -0.3 is 9.80 Å². The molecule has 2 aliphatic rings. The first-order valence-corrected chi connectivity index (χ1v) is 10.5. The molecule has 3 aromatic rings. The van der Waals surface area contributed by atoms with E-state index in [-0.39, 0.29) is 29.1 Å². The lowest BCUT2D eigenvalue weighted by Gasteiger charge is -2.35. The molecule has 1 unspecified atom stereocenters. The zero-order valence-corrected chi connectivity index (χ0v) is 17.7. The molecule has 2 saturated heterocycles. The van der Waals surface area contributed by atoms with E-state index in [0.29, 0.717) is 31.2 Å². The second-order valence-electron chi connectivity index (χ2n) is 8.30. The van der Waals surface area contributed by atoms with Gasteiger partial charge in [0.05, 0.1) is 23.3 Å². The van der Waals surface area contributed by atoms with E-state index in [1.54, 1.807) is 36.5 Å². The van der Waals surface area contributed by atoms with E-state index in [1.807, 2.05) is 4.90 Å². The average Bonchev–Trinajstić information content (AvgIpc) is 3.41. The molecule has 33 heavy (non-hydrogen) atoms. The number of benzene rings is 1. The lowest BCUT2D eigenvalue weighted by molar-refractivity contribution is -0.137. The minimum Gasteiger partial charge on any atom is -0.335 e. The fourth-order valence-electron chi connectivity index (χ4n) is 4.58. The molecule has 0 aliphatic carbocycles. The number of fused-ring (bicyclic) bond motifs is 2. The molecule has 5 rings (SSSR count). The van der Waals surface area contributed by atoms with Crippen LogP contribution in [-0.2, 0) is 13.2 Å². The molecule has 1 amide bonds. The molecule has 2 aliphatic heterocycles. The van der Waals surface area contributed by atoms with Crippen LogP contribution < -0.4 is 10.5 Å². The minimum absolute atomic E-state index is 0.0285. The number of carbonyl (C=O) groups excluding carboxylic acids is 1. The highest BCUT2D eigenvalue weighted by molar-refractivity contribution is 5.95. The Hall–Kier alpha value is -3.69. The van der Waals surface area contributed by atoms with Crippen LogP contribution in [0.15, 0.2) is 59.7 Å². The predicted molar refractivity (Wildman–Crippen MR) is 115 cm³/mol. The van der Waals surface area contributed by atoms with Crippen molar-refractivity contribution in [2.24, 2.45) is 7.05 Å². The molecule has 10 heteroatoms. The van der Waals surface area contributed by atoms with Gasteiger partial charge in [-0.1, -0.05) is 0 Å². The van der Waals surface area contributed by atoms with Crippen LogP contribution in [0.25, 0.3) is 11.3 Å². The molecule has 7 nitrogen and oxygen atoms in total. The molecule has 0 radical (unpaired) electrons. The fraction of sp³-hybridized carbons (Fsp3) is 0.304. The van der Waals surface area contributed by atoms with Crippen molar-refractivity contribution >= 4 is 11.9 Å². The second-order valence-corrected chi connectivity index (χ2v) is 8.30. The zero-order chi connectivity index (χ0) is 23.3. The largest absolute Gasteiger partial charge is 0.416 e. The Bertz CT molecular complexity index is 1260. The zero-order valence-electron chi connectivity index (χ0n) is 17.7. The number of rotatable bonds is 3. The molecule has 4 heterocycles. The normalized spacial score (nSPS) is 19.9. The number of aromatic nitrogens is 3. The van der Waals surface area contributed by atoms with Gasteiger partial charge in [-0.05, 0) is 42.8 Å². The number of hydrogen-bond donors (Lipinski definition) is 0. The molecule has 0 saturated carbocycles. The van der Waals surface area contributed by atoms with E-state index >= 15 is 0 Å². The van der Waals surface area contributed by atoms with Crippen LogP contribution in [0, 0.1) is 0 Å². The van der Waals surface area contributed by atoms with Crippen LogP contribution in [0.2, 0.25) is 0 Å². The monoisotopic (exact) mass is 455 g/mol. The van der Waals surface area contributed by atoms with Crippen molar-refractivity contribution in [3.63, 3.8) is 0 Å². The van der Waals surface area contributed by atoms with Crippen LogP contribution in [0.5, 0.6) is 0 Å². The van der Waals surface area contributed by atoms with Crippen LogP contribution in [-0.4, -0.2) is 50.5 Å². The van der Waals surface area contributed by atoms with E-state index in [2.05, 4.69) is 4.98 Å². The van der Waals surface area contributed by atoms with Gasteiger partial charge in [0.1, 0.15) is 0 Å². The molecule has 2 atom stereocenters. The average molecular weight is 455 g/mol. The summed E-state index contributed by atoms with van der Waals surface area (Å²) in [6, 6.07) is 9.21. The fourth-order valence-corrected chi connectivity index (χ4v) is 4.58. The number of amides is 1. The van der Waals surface area contributed by atoms with Gasteiger partial charge in [0, 0.05) is 49.7 Å². The highest BCUT2D eigenvalue weighted by atomic mass is 19.4. The summed E-state index contributed by atoms with van der Waals surface area (Å²) in [7, 11) is 1.66. The molecule has 2 fully saturated rings. The van der Waals surface area contributed by atoms with Gasteiger partial charge in [-0.25, -0.2) is 4.98 Å². The van der Waals surface area contributed by atoms with Gasteiger partial charge in [0.2, 0.25) is 5.95 Å². The smallest absolute Gasteiger partial charge is 0.335 e. The summed E-state index contributed by atoms with van der Waals surface area (Å²) in [6.07, 6.45) is -0.461.